The molecule has 0 amide bonds. The van der Waals surface area contributed by atoms with Crippen molar-refractivity contribution in [3.05, 3.63) is 65.2 Å². The van der Waals surface area contributed by atoms with Gasteiger partial charge in [0, 0.05) is 6.07 Å². The van der Waals surface area contributed by atoms with E-state index in [1.165, 1.54) is 6.92 Å². The van der Waals surface area contributed by atoms with Crippen LogP contribution in [0.4, 0.5) is 8.78 Å². The Labute approximate surface area is 116 Å². The molecule has 0 bridgehead atoms. The van der Waals surface area contributed by atoms with E-state index >= 15 is 0 Å². The number of ether oxygens (including phenoxy) is 1. The zero-order valence-corrected chi connectivity index (χ0v) is 11.4. The molecule has 4 heteroatoms. The van der Waals surface area contributed by atoms with Crippen LogP contribution in [0, 0.1) is 11.6 Å². The first-order valence-electron chi connectivity index (χ1n) is 6.35. The van der Waals surface area contributed by atoms with E-state index in [2.05, 4.69) is 0 Å². The van der Waals surface area contributed by atoms with Gasteiger partial charge in [0.05, 0.1) is 6.61 Å². The highest BCUT2D eigenvalue weighted by Crippen LogP contribution is 2.31. The van der Waals surface area contributed by atoms with Crippen molar-refractivity contribution in [3.63, 3.8) is 0 Å². The lowest BCUT2D eigenvalue weighted by Gasteiger charge is -2.25. The summed E-state index contributed by atoms with van der Waals surface area (Å²) in [5.74, 6) is -0.755. The van der Waals surface area contributed by atoms with Gasteiger partial charge in [0.1, 0.15) is 23.0 Å². The third kappa shape index (κ3) is 2.96. The predicted octanol–water partition coefficient (Wildman–Crippen LogP) is 3.62. The number of hydrogen-bond acceptors (Lipinski definition) is 2. The predicted molar refractivity (Wildman–Crippen MR) is 72.6 cm³/mol. The maximum atomic E-state index is 13.3. The van der Waals surface area contributed by atoms with Crippen LogP contribution in [0.25, 0.3) is 0 Å². The number of aliphatic hydroxyl groups is 1. The SMILES string of the molecule is CCOc1ccc(C(C)(O)c2cc(F)cc(F)c2)cc1. The van der Waals surface area contributed by atoms with Crippen molar-refractivity contribution in [3.8, 4) is 5.75 Å². The van der Waals surface area contributed by atoms with Gasteiger partial charge in [-0.1, -0.05) is 12.1 Å². The summed E-state index contributed by atoms with van der Waals surface area (Å²) in [7, 11) is 0. The zero-order chi connectivity index (χ0) is 14.8. The fourth-order valence-electron chi connectivity index (χ4n) is 2.04. The molecule has 2 aromatic carbocycles. The smallest absolute Gasteiger partial charge is 0.126 e. The maximum absolute atomic E-state index is 13.3. The Bertz CT molecular complexity index is 572. The highest BCUT2D eigenvalue weighted by molar-refractivity contribution is 5.38. The minimum absolute atomic E-state index is 0.166. The third-order valence-electron chi connectivity index (χ3n) is 3.15. The molecule has 1 unspecified atom stereocenters. The van der Waals surface area contributed by atoms with Gasteiger partial charge in [-0.2, -0.15) is 0 Å². The second-order valence-corrected chi connectivity index (χ2v) is 4.69. The van der Waals surface area contributed by atoms with Gasteiger partial charge in [0.25, 0.3) is 0 Å². The molecule has 0 aliphatic heterocycles. The molecule has 0 fully saturated rings. The molecule has 2 rings (SSSR count). The monoisotopic (exact) mass is 278 g/mol. The van der Waals surface area contributed by atoms with E-state index < -0.39 is 17.2 Å². The lowest BCUT2D eigenvalue weighted by atomic mass is 9.88. The van der Waals surface area contributed by atoms with Crippen LogP contribution >= 0.6 is 0 Å². The summed E-state index contributed by atoms with van der Waals surface area (Å²) >= 11 is 0. The quantitative estimate of drug-likeness (QED) is 0.925. The molecule has 0 aliphatic carbocycles. The topological polar surface area (TPSA) is 29.5 Å². The fourth-order valence-corrected chi connectivity index (χ4v) is 2.04. The van der Waals surface area contributed by atoms with Crippen LogP contribution in [0.1, 0.15) is 25.0 Å². The van der Waals surface area contributed by atoms with E-state index in [1.807, 2.05) is 6.92 Å². The van der Waals surface area contributed by atoms with Gasteiger partial charge in [0.15, 0.2) is 0 Å². The second-order valence-electron chi connectivity index (χ2n) is 4.69. The minimum atomic E-state index is -1.48. The fraction of sp³-hybridized carbons (Fsp3) is 0.250. The Hall–Kier alpha value is -1.94. The Morgan fingerprint density at radius 2 is 1.55 bits per heavy atom. The lowest BCUT2D eigenvalue weighted by molar-refractivity contribution is 0.101. The summed E-state index contributed by atoms with van der Waals surface area (Å²) in [4.78, 5) is 0. The van der Waals surface area contributed by atoms with Crippen molar-refractivity contribution in [2.75, 3.05) is 6.61 Å². The number of halogens is 2. The Morgan fingerprint density at radius 3 is 2.05 bits per heavy atom. The van der Waals surface area contributed by atoms with Gasteiger partial charge in [-0.15, -0.1) is 0 Å². The Morgan fingerprint density at radius 1 is 1.00 bits per heavy atom. The Kier molecular flexibility index (Phi) is 4.04. The zero-order valence-electron chi connectivity index (χ0n) is 11.4. The molecule has 20 heavy (non-hydrogen) atoms. The van der Waals surface area contributed by atoms with Gasteiger partial charge in [0.2, 0.25) is 0 Å². The molecule has 0 radical (unpaired) electrons. The molecule has 2 aromatic rings. The molecule has 2 nitrogen and oxygen atoms in total. The molecule has 0 aliphatic rings. The highest BCUT2D eigenvalue weighted by atomic mass is 19.1. The molecular weight excluding hydrogens is 262 g/mol. The maximum Gasteiger partial charge on any atom is 0.126 e. The van der Waals surface area contributed by atoms with E-state index in [0.29, 0.717) is 17.9 Å². The van der Waals surface area contributed by atoms with Crippen molar-refractivity contribution in [2.45, 2.75) is 19.4 Å². The van der Waals surface area contributed by atoms with Crippen LogP contribution < -0.4 is 4.74 Å². The molecule has 0 saturated carbocycles. The number of rotatable bonds is 4. The first-order valence-corrected chi connectivity index (χ1v) is 6.35. The molecule has 106 valence electrons. The largest absolute Gasteiger partial charge is 0.494 e. The lowest BCUT2D eigenvalue weighted by Crippen LogP contribution is -2.23. The van der Waals surface area contributed by atoms with Crippen LogP contribution in [-0.2, 0) is 5.60 Å². The molecule has 0 aromatic heterocycles. The third-order valence-corrected chi connectivity index (χ3v) is 3.15. The van der Waals surface area contributed by atoms with Crippen molar-refractivity contribution >= 4 is 0 Å². The second kappa shape index (κ2) is 5.59. The minimum Gasteiger partial charge on any atom is -0.494 e. The normalized spacial score (nSPS) is 13.8. The summed E-state index contributed by atoms with van der Waals surface area (Å²) < 4.78 is 31.9. The number of hydrogen-bond donors (Lipinski definition) is 1. The van der Waals surface area contributed by atoms with E-state index in [4.69, 9.17) is 4.74 Å². The van der Waals surface area contributed by atoms with E-state index in [0.717, 1.165) is 18.2 Å². The molecule has 1 N–H and O–H groups in total. The first-order chi connectivity index (χ1) is 9.43. The average Bonchev–Trinajstić information content (AvgIpc) is 2.38. The Balaban J connectivity index is 2.37. The average molecular weight is 278 g/mol. The van der Waals surface area contributed by atoms with Crippen molar-refractivity contribution in [2.24, 2.45) is 0 Å². The van der Waals surface area contributed by atoms with Gasteiger partial charge in [-0.05, 0) is 49.2 Å². The summed E-state index contributed by atoms with van der Waals surface area (Å²) in [5, 5.41) is 10.6. The van der Waals surface area contributed by atoms with Crippen LogP contribution in [0.3, 0.4) is 0 Å². The molecule has 1 atom stereocenters. The van der Waals surface area contributed by atoms with Gasteiger partial charge in [-0.3, -0.25) is 0 Å². The standard InChI is InChI=1S/C16H16F2O2/c1-3-20-15-6-4-11(5-7-15)16(2,19)12-8-13(17)10-14(18)9-12/h4-10,19H,3H2,1-2H3. The summed E-state index contributed by atoms with van der Waals surface area (Å²) in [5.41, 5.74) is -0.779. The van der Waals surface area contributed by atoms with Crippen LogP contribution in [0.2, 0.25) is 0 Å². The van der Waals surface area contributed by atoms with Crippen molar-refractivity contribution in [1.29, 1.82) is 0 Å². The summed E-state index contributed by atoms with van der Waals surface area (Å²) in [6, 6.07) is 9.80. The van der Waals surface area contributed by atoms with Crippen LogP contribution in [-0.4, -0.2) is 11.7 Å². The first kappa shape index (κ1) is 14.5. The molecule has 0 saturated heterocycles. The van der Waals surface area contributed by atoms with E-state index in [-0.39, 0.29) is 5.56 Å². The van der Waals surface area contributed by atoms with Crippen LogP contribution in [0.5, 0.6) is 5.75 Å². The van der Waals surface area contributed by atoms with Crippen molar-refractivity contribution < 1.29 is 18.6 Å². The molecule has 0 heterocycles. The molecular formula is C16H16F2O2. The summed E-state index contributed by atoms with van der Waals surface area (Å²) in [6.45, 7) is 3.92. The summed E-state index contributed by atoms with van der Waals surface area (Å²) in [6.07, 6.45) is 0. The van der Waals surface area contributed by atoms with Gasteiger partial charge < -0.3 is 9.84 Å². The van der Waals surface area contributed by atoms with Gasteiger partial charge in [-0.25, -0.2) is 8.78 Å². The number of benzene rings is 2. The van der Waals surface area contributed by atoms with E-state index in [9.17, 15) is 13.9 Å². The van der Waals surface area contributed by atoms with Gasteiger partial charge >= 0.3 is 0 Å². The molecule has 0 spiro atoms. The van der Waals surface area contributed by atoms with Crippen molar-refractivity contribution in [1.82, 2.24) is 0 Å². The van der Waals surface area contributed by atoms with Crippen LogP contribution in [0.15, 0.2) is 42.5 Å². The highest BCUT2D eigenvalue weighted by Gasteiger charge is 2.26. The van der Waals surface area contributed by atoms with E-state index in [1.54, 1.807) is 24.3 Å².